The normalized spacial score (nSPS) is 28.4. The zero-order valence-electron chi connectivity index (χ0n) is 14.0. The van der Waals surface area contributed by atoms with Gasteiger partial charge in [0.1, 0.15) is 0 Å². The van der Waals surface area contributed by atoms with Crippen LogP contribution in [0.15, 0.2) is 30.3 Å². The summed E-state index contributed by atoms with van der Waals surface area (Å²) in [5.41, 5.74) is 1.15. The van der Waals surface area contributed by atoms with Gasteiger partial charge in [0.15, 0.2) is 0 Å². The van der Waals surface area contributed by atoms with Gasteiger partial charge >= 0.3 is 0 Å². The summed E-state index contributed by atoms with van der Waals surface area (Å²) in [6.07, 6.45) is 5.80. The summed E-state index contributed by atoms with van der Waals surface area (Å²) in [6.45, 7) is 4.64. The molecule has 3 nitrogen and oxygen atoms in total. The molecule has 0 aliphatic heterocycles. The zero-order chi connectivity index (χ0) is 15.4. The molecule has 3 rings (SSSR count). The van der Waals surface area contributed by atoms with E-state index in [1.807, 2.05) is 6.07 Å². The number of fused-ring (bicyclic) bond motifs is 2. The molecule has 3 unspecified atom stereocenters. The summed E-state index contributed by atoms with van der Waals surface area (Å²) in [6, 6.07) is 10.5. The maximum atomic E-state index is 13.0. The Balaban J connectivity index is 0.00000192. The molecule has 0 aromatic heterocycles. The molecule has 3 atom stereocenters. The third-order valence-corrected chi connectivity index (χ3v) is 5.63. The van der Waals surface area contributed by atoms with E-state index in [2.05, 4.69) is 41.8 Å². The minimum absolute atomic E-state index is 0. The maximum absolute atomic E-state index is 13.0. The average molecular weight is 337 g/mol. The average Bonchev–Trinajstić information content (AvgIpc) is 3.14. The van der Waals surface area contributed by atoms with Gasteiger partial charge in [-0.05, 0) is 49.6 Å². The molecule has 1 amide bonds. The molecule has 1 aromatic carbocycles. The minimum Gasteiger partial charge on any atom is -0.354 e. The van der Waals surface area contributed by atoms with Crippen LogP contribution in [0.3, 0.4) is 0 Å². The molecule has 2 aliphatic rings. The highest BCUT2D eigenvalue weighted by molar-refractivity contribution is 5.85. The van der Waals surface area contributed by atoms with Gasteiger partial charge in [0.05, 0.1) is 5.41 Å². The number of amides is 1. The molecule has 2 N–H and O–H groups in total. The van der Waals surface area contributed by atoms with Crippen molar-refractivity contribution < 1.29 is 4.79 Å². The fourth-order valence-electron chi connectivity index (χ4n) is 4.60. The largest absolute Gasteiger partial charge is 0.354 e. The number of likely N-dealkylation sites (N-methyl/N-ethyl adjacent to an activating group) is 1. The Morgan fingerprint density at radius 3 is 2.61 bits per heavy atom. The first-order valence-corrected chi connectivity index (χ1v) is 8.77. The van der Waals surface area contributed by atoms with Crippen LogP contribution in [0.4, 0.5) is 0 Å². The molecule has 0 saturated heterocycles. The van der Waals surface area contributed by atoms with Crippen LogP contribution in [0.5, 0.6) is 0 Å². The molecule has 4 heteroatoms. The van der Waals surface area contributed by atoms with E-state index >= 15 is 0 Å². The van der Waals surface area contributed by atoms with E-state index in [0.29, 0.717) is 11.8 Å². The zero-order valence-corrected chi connectivity index (χ0v) is 14.8. The van der Waals surface area contributed by atoms with Crippen molar-refractivity contribution in [3.8, 4) is 0 Å². The summed E-state index contributed by atoms with van der Waals surface area (Å²) >= 11 is 0. The molecular weight excluding hydrogens is 308 g/mol. The van der Waals surface area contributed by atoms with E-state index in [1.54, 1.807) is 0 Å². The molecule has 0 radical (unpaired) electrons. The van der Waals surface area contributed by atoms with Crippen LogP contribution >= 0.6 is 12.4 Å². The standard InChI is InChI=1S/C19H28N2O.ClH/c1-2-20-10-11-21-18(22)19(13-15-6-4-3-5-7-15)14-16-8-9-17(19)12-16;/h3-7,16-17,20H,2,8-14H2,1H3,(H,21,22);1H. The predicted molar refractivity (Wildman–Crippen MR) is 96.8 cm³/mol. The molecule has 0 heterocycles. The summed E-state index contributed by atoms with van der Waals surface area (Å²) in [5.74, 6) is 1.64. The molecule has 0 spiro atoms. The van der Waals surface area contributed by atoms with Gasteiger partial charge in [0.2, 0.25) is 5.91 Å². The SMILES string of the molecule is CCNCCNC(=O)C1(Cc2ccccc2)CC2CCC1C2.Cl. The van der Waals surface area contributed by atoms with Gasteiger partial charge in [-0.15, -0.1) is 12.4 Å². The first-order chi connectivity index (χ1) is 10.7. The number of halogens is 1. The van der Waals surface area contributed by atoms with Gasteiger partial charge in [-0.1, -0.05) is 43.7 Å². The quantitative estimate of drug-likeness (QED) is 0.751. The van der Waals surface area contributed by atoms with E-state index in [1.165, 1.54) is 24.8 Å². The molecule has 2 saturated carbocycles. The van der Waals surface area contributed by atoms with Gasteiger partial charge in [-0.2, -0.15) is 0 Å². The van der Waals surface area contributed by atoms with Crippen LogP contribution in [-0.4, -0.2) is 25.5 Å². The van der Waals surface area contributed by atoms with Crippen LogP contribution in [-0.2, 0) is 11.2 Å². The maximum Gasteiger partial charge on any atom is 0.226 e. The van der Waals surface area contributed by atoms with Gasteiger partial charge in [-0.25, -0.2) is 0 Å². The number of rotatable bonds is 7. The Bertz CT molecular complexity index is 507. The second kappa shape index (κ2) is 8.16. The first kappa shape index (κ1) is 18.3. The monoisotopic (exact) mass is 336 g/mol. The predicted octanol–water partition coefficient (Wildman–Crippen LogP) is 3.18. The lowest BCUT2D eigenvalue weighted by Gasteiger charge is -2.36. The van der Waals surface area contributed by atoms with Crippen molar-refractivity contribution in [1.82, 2.24) is 10.6 Å². The molecule has 1 aromatic rings. The van der Waals surface area contributed by atoms with Crippen molar-refractivity contribution in [2.75, 3.05) is 19.6 Å². The number of benzene rings is 1. The second-order valence-corrected chi connectivity index (χ2v) is 7.01. The highest BCUT2D eigenvalue weighted by Crippen LogP contribution is 2.57. The molecule has 128 valence electrons. The molecule has 23 heavy (non-hydrogen) atoms. The third-order valence-electron chi connectivity index (χ3n) is 5.63. The summed E-state index contributed by atoms with van der Waals surface area (Å²) in [4.78, 5) is 13.0. The fraction of sp³-hybridized carbons (Fsp3) is 0.632. The van der Waals surface area contributed by atoms with Crippen molar-refractivity contribution in [3.05, 3.63) is 35.9 Å². The number of nitrogens with one attached hydrogen (secondary N) is 2. The molecule has 2 bridgehead atoms. The van der Waals surface area contributed by atoms with Gasteiger partial charge in [-0.3, -0.25) is 4.79 Å². The number of hydrogen-bond donors (Lipinski definition) is 2. The lowest BCUT2D eigenvalue weighted by molar-refractivity contribution is -0.134. The Labute approximate surface area is 146 Å². The van der Waals surface area contributed by atoms with Crippen molar-refractivity contribution in [1.29, 1.82) is 0 Å². The molecule has 2 fully saturated rings. The third kappa shape index (κ3) is 3.89. The van der Waals surface area contributed by atoms with E-state index in [9.17, 15) is 4.79 Å². The lowest BCUT2D eigenvalue weighted by atomic mass is 9.68. The molecule has 2 aliphatic carbocycles. The van der Waals surface area contributed by atoms with E-state index in [0.717, 1.165) is 38.4 Å². The highest BCUT2D eigenvalue weighted by Gasteiger charge is 2.55. The lowest BCUT2D eigenvalue weighted by Crippen LogP contribution is -2.47. The van der Waals surface area contributed by atoms with Gasteiger partial charge in [0.25, 0.3) is 0 Å². The van der Waals surface area contributed by atoms with Crippen molar-refractivity contribution in [3.63, 3.8) is 0 Å². The van der Waals surface area contributed by atoms with Gasteiger partial charge in [0, 0.05) is 13.1 Å². The van der Waals surface area contributed by atoms with Gasteiger partial charge < -0.3 is 10.6 Å². The highest BCUT2D eigenvalue weighted by atomic mass is 35.5. The fourth-order valence-corrected chi connectivity index (χ4v) is 4.60. The Morgan fingerprint density at radius 2 is 2.00 bits per heavy atom. The topological polar surface area (TPSA) is 41.1 Å². The number of carbonyl (C=O) groups is 1. The van der Waals surface area contributed by atoms with Crippen molar-refractivity contribution in [2.45, 2.75) is 39.0 Å². The minimum atomic E-state index is -0.156. The summed E-state index contributed by atoms with van der Waals surface area (Å²) in [5, 5.41) is 6.48. The second-order valence-electron chi connectivity index (χ2n) is 7.01. The smallest absolute Gasteiger partial charge is 0.226 e. The first-order valence-electron chi connectivity index (χ1n) is 8.77. The van der Waals surface area contributed by atoms with E-state index in [-0.39, 0.29) is 17.8 Å². The van der Waals surface area contributed by atoms with Crippen LogP contribution < -0.4 is 10.6 Å². The van der Waals surface area contributed by atoms with Crippen LogP contribution in [0.2, 0.25) is 0 Å². The van der Waals surface area contributed by atoms with Crippen LogP contribution in [0.1, 0.15) is 38.2 Å². The summed E-state index contributed by atoms with van der Waals surface area (Å²) < 4.78 is 0. The number of hydrogen-bond acceptors (Lipinski definition) is 2. The van der Waals surface area contributed by atoms with E-state index < -0.39 is 0 Å². The Hall–Kier alpha value is -1.06. The summed E-state index contributed by atoms with van der Waals surface area (Å²) in [7, 11) is 0. The molecular formula is C19H29ClN2O. The number of carbonyl (C=O) groups excluding carboxylic acids is 1. The van der Waals surface area contributed by atoms with Crippen molar-refractivity contribution in [2.24, 2.45) is 17.3 Å². The Kier molecular flexibility index (Phi) is 6.49. The van der Waals surface area contributed by atoms with Crippen molar-refractivity contribution >= 4 is 18.3 Å². The van der Waals surface area contributed by atoms with Crippen LogP contribution in [0.25, 0.3) is 0 Å². The van der Waals surface area contributed by atoms with Crippen LogP contribution in [0, 0.1) is 17.3 Å². The van der Waals surface area contributed by atoms with E-state index in [4.69, 9.17) is 0 Å². The Morgan fingerprint density at radius 1 is 1.22 bits per heavy atom.